The number of hydrogen-bond donors (Lipinski definition) is 2. The predicted octanol–water partition coefficient (Wildman–Crippen LogP) is 0.948. The number of nitrogens with two attached hydrogens (primary N) is 1. The number of aryl methyl sites for hydroxylation is 1. The standard InChI is InChI=1S/C8H12N4/c1-5-4-7(6-2-3-6)11-8(10-5)12-9/h4,6H,2-3,9H2,1H3,(H,10,11,12). The van der Waals surface area contributed by atoms with Gasteiger partial charge in [-0.05, 0) is 25.8 Å². The summed E-state index contributed by atoms with van der Waals surface area (Å²) in [5, 5.41) is 0. The average molecular weight is 164 g/mol. The van der Waals surface area contributed by atoms with E-state index >= 15 is 0 Å². The van der Waals surface area contributed by atoms with Crippen LogP contribution in [0.1, 0.15) is 30.1 Å². The summed E-state index contributed by atoms with van der Waals surface area (Å²) < 4.78 is 0. The first-order valence-corrected chi connectivity index (χ1v) is 4.12. The van der Waals surface area contributed by atoms with Gasteiger partial charge in [0.2, 0.25) is 5.95 Å². The molecule has 0 spiro atoms. The molecule has 0 aromatic carbocycles. The number of nitrogen functional groups attached to an aromatic ring is 1. The van der Waals surface area contributed by atoms with Gasteiger partial charge in [-0.3, -0.25) is 5.43 Å². The highest BCUT2D eigenvalue weighted by Crippen LogP contribution is 2.39. The van der Waals surface area contributed by atoms with Crippen molar-refractivity contribution in [3.63, 3.8) is 0 Å². The Labute approximate surface area is 71.2 Å². The number of anilines is 1. The highest BCUT2D eigenvalue weighted by molar-refractivity contribution is 5.29. The van der Waals surface area contributed by atoms with Gasteiger partial charge < -0.3 is 0 Å². The Kier molecular flexibility index (Phi) is 1.69. The third kappa shape index (κ3) is 1.38. The third-order valence-corrected chi connectivity index (χ3v) is 2.00. The van der Waals surface area contributed by atoms with E-state index in [4.69, 9.17) is 5.84 Å². The summed E-state index contributed by atoms with van der Waals surface area (Å²) in [5.74, 6) is 6.41. The second-order valence-corrected chi connectivity index (χ2v) is 3.18. The molecule has 2 rings (SSSR count). The van der Waals surface area contributed by atoms with E-state index in [2.05, 4.69) is 15.4 Å². The van der Waals surface area contributed by atoms with Gasteiger partial charge in [0.15, 0.2) is 0 Å². The lowest BCUT2D eigenvalue weighted by Crippen LogP contribution is -2.11. The summed E-state index contributed by atoms with van der Waals surface area (Å²) in [5.41, 5.74) is 4.56. The lowest BCUT2D eigenvalue weighted by atomic mass is 10.2. The number of hydrazine groups is 1. The molecule has 1 aromatic rings. The van der Waals surface area contributed by atoms with Gasteiger partial charge in [0.1, 0.15) is 0 Å². The number of aromatic nitrogens is 2. The molecule has 3 N–H and O–H groups in total. The van der Waals surface area contributed by atoms with Gasteiger partial charge in [-0.1, -0.05) is 0 Å². The number of rotatable bonds is 2. The minimum absolute atomic E-state index is 0.525. The van der Waals surface area contributed by atoms with Gasteiger partial charge in [-0.25, -0.2) is 15.8 Å². The molecule has 0 bridgehead atoms. The maximum atomic E-state index is 5.23. The molecule has 1 heterocycles. The SMILES string of the molecule is Cc1cc(C2CC2)nc(NN)n1. The van der Waals surface area contributed by atoms with E-state index in [9.17, 15) is 0 Å². The van der Waals surface area contributed by atoms with Crippen LogP contribution in [0, 0.1) is 6.92 Å². The first-order chi connectivity index (χ1) is 5.79. The molecule has 0 aliphatic heterocycles. The van der Waals surface area contributed by atoms with E-state index in [0.717, 1.165) is 11.4 Å². The molecule has 0 atom stereocenters. The van der Waals surface area contributed by atoms with Crippen LogP contribution in [0.25, 0.3) is 0 Å². The summed E-state index contributed by atoms with van der Waals surface area (Å²) >= 11 is 0. The van der Waals surface area contributed by atoms with E-state index in [1.807, 2.05) is 13.0 Å². The second-order valence-electron chi connectivity index (χ2n) is 3.18. The minimum atomic E-state index is 0.525. The molecule has 1 saturated carbocycles. The Balaban J connectivity index is 2.34. The zero-order valence-electron chi connectivity index (χ0n) is 7.04. The monoisotopic (exact) mass is 164 g/mol. The number of nitrogens with zero attached hydrogens (tertiary/aromatic N) is 2. The molecule has 4 heteroatoms. The molecule has 1 aromatic heterocycles. The zero-order chi connectivity index (χ0) is 8.55. The van der Waals surface area contributed by atoms with Gasteiger partial charge in [0.25, 0.3) is 0 Å². The Morgan fingerprint density at radius 3 is 2.83 bits per heavy atom. The Morgan fingerprint density at radius 1 is 1.50 bits per heavy atom. The van der Waals surface area contributed by atoms with Crippen molar-refractivity contribution >= 4 is 5.95 Å². The van der Waals surface area contributed by atoms with Crippen molar-refractivity contribution in [2.45, 2.75) is 25.7 Å². The van der Waals surface area contributed by atoms with Crippen LogP contribution in [0.4, 0.5) is 5.95 Å². The molecule has 1 aliphatic rings. The van der Waals surface area contributed by atoms with Crippen molar-refractivity contribution in [1.29, 1.82) is 0 Å². The van der Waals surface area contributed by atoms with Crippen LogP contribution in [-0.2, 0) is 0 Å². The molecule has 0 unspecified atom stereocenters. The van der Waals surface area contributed by atoms with Gasteiger partial charge in [-0.2, -0.15) is 0 Å². The summed E-state index contributed by atoms with van der Waals surface area (Å²) in [6.07, 6.45) is 2.50. The Morgan fingerprint density at radius 2 is 2.25 bits per heavy atom. The van der Waals surface area contributed by atoms with Crippen LogP contribution in [0.5, 0.6) is 0 Å². The fourth-order valence-electron chi connectivity index (χ4n) is 1.25. The smallest absolute Gasteiger partial charge is 0.237 e. The van der Waals surface area contributed by atoms with Gasteiger partial charge in [-0.15, -0.1) is 0 Å². The highest BCUT2D eigenvalue weighted by atomic mass is 15.3. The summed E-state index contributed by atoms with van der Waals surface area (Å²) in [7, 11) is 0. The van der Waals surface area contributed by atoms with Crippen molar-refractivity contribution in [2.75, 3.05) is 5.43 Å². The minimum Gasteiger partial charge on any atom is -0.292 e. The van der Waals surface area contributed by atoms with Crippen molar-refractivity contribution in [1.82, 2.24) is 9.97 Å². The molecule has 0 amide bonds. The van der Waals surface area contributed by atoms with Crippen LogP contribution in [-0.4, -0.2) is 9.97 Å². The fourth-order valence-corrected chi connectivity index (χ4v) is 1.25. The topological polar surface area (TPSA) is 63.8 Å². The van der Waals surface area contributed by atoms with Crippen LogP contribution < -0.4 is 11.3 Å². The first kappa shape index (κ1) is 7.49. The van der Waals surface area contributed by atoms with Gasteiger partial charge >= 0.3 is 0 Å². The van der Waals surface area contributed by atoms with E-state index in [1.165, 1.54) is 12.8 Å². The highest BCUT2D eigenvalue weighted by Gasteiger charge is 2.25. The number of hydrogen-bond acceptors (Lipinski definition) is 4. The maximum Gasteiger partial charge on any atom is 0.237 e. The normalized spacial score (nSPS) is 16.2. The van der Waals surface area contributed by atoms with Crippen molar-refractivity contribution in [3.8, 4) is 0 Å². The van der Waals surface area contributed by atoms with Gasteiger partial charge in [0.05, 0.1) is 0 Å². The lowest BCUT2D eigenvalue weighted by molar-refractivity contribution is 0.960. The Hall–Kier alpha value is -1.16. The Bertz CT molecular complexity index is 293. The van der Waals surface area contributed by atoms with E-state index in [1.54, 1.807) is 0 Å². The summed E-state index contributed by atoms with van der Waals surface area (Å²) in [6, 6.07) is 2.03. The maximum absolute atomic E-state index is 5.23. The second kappa shape index (κ2) is 2.71. The lowest BCUT2D eigenvalue weighted by Gasteiger charge is -2.02. The average Bonchev–Trinajstić information content (AvgIpc) is 2.85. The molecule has 4 nitrogen and oxygen atoms in total. The summed E-state index contributed by atoms with van der Waals surface area (Å²) in [6.45, 7) is 1.95. The fraction of sp³-hybridized carbons (Fsp3) is 0.500. The van der Waals surface area contributed by atoms with Gasteiger partial charge in [0, 0.05) is 17.3 Å². The molecule has 1 aliphatic carbocycles. The zero-order valence-corrected chi connectivity index (χ0v) is 7.04. The van der Waals surface area contributed by atoms with E-state index in [-0.39, 0.29) is 0 Å². The van der Waals surface area contributed by atoms with E-state index in [0.29, 0.717) is 11.9 Å². The molecule has 12 heavy (non-hydrogen) atoms. The van der Waals surface area contributed by atoms with E-state index < -0.39 is 0 Å². The largest absolute Gasteiger partial charge is 0.292 e. The van der Waals surface area contributed by atoms with Crippen LogP contribution >= 0.6 is 0 Å². The van der Waals surface area contributed by atoms with Crippen molar-refractivity contribution in [2.24, 2.45) is 5.84 Å². The van der Waals surface area contributed by atoms with Crippen LogP contribution in [0.2, 0.25) is 0 Å². The molecule has 0 radical (unpaired) electrons. The van der Waals surface area contributed by atoms with Crippen molar-refractivity contribution in [3.05, 3.63) is 17.5 Å². The number of nitrogens with one attached hydrogen (secondary N) is 1. The predicted molar refractivity (Wildman–Crippen MR) is 46.6 cm³/mol. The quantitative estimate of drug-likeness (QED) is 0.504. The molecule has 64 valence electrons. The third-order valence-electron chi connectivity index (χ3n) is 2.00. The molecule has 0 saturated heterocycles. The molecule has 1 fully saturated rings. The first-order valence-electron chi connectivity index (χ1n) is 4.12. The van der Waals surface area contributed by atoms with Crippen LogP contribution in [0.15, 0.2) is 6.07 Å². The van der Waals surface area contributed by atoms with Crippen LogP contribution in [0.3, 0.4) is 0 Å². The molecular weight excluding hydrogens is 152 g/mol. The summed E-state index contributed by atoms with van der Waals surface area (Å²) in [4.78, 5) is 8.38. The molecular formula is C8H12N4. The van der Waals surface area contributed by atoms with Crippen molar-refractivity contribution < 1.29 is 0 Å².